The maximum absolute atomic E-state index is 13.1. The van der Waals surface area contributed by atoms with Crippen LogP contribution in [0, 0.1) is 17.8 Å². The Labute approximate surface area is 199 Å². The molecular weight excluding hydrogens is 418 g/mol. The predicted octanol–water partition coefficient (Wildman–Crippen LogP) is 4.06. The average Bonchev–Trinajstić information content (AvgIpc) is 2.74. The summed E-state index contributed by atoms with van der Waals surface area (Å²) in [6, 6.07) is 8.32. The molecule has 3 atom stereocenters. The smallest absolute Gasteiger partial charge is 0.408 e. The highest BCUT2D eigenvalue weighted by molar-refractivity contribution is 5.85. The second-order valence-electron chi connectivity index (χ2n) is 10.0. The van der Waals surface area contributed by atoms with Crippen LogP contribution in [-0.4, -0.2) is 43.0 Å². The van der Waals surface area contributed by atoms with Crippen molar-refractivity contribution in [2.45, 2.75) is 85.5 Å². The van der Waals surface area contributed by atoms with E-state index in [4.69, 9.17) is 4.74 Å². The van der Waals surface area contributed by atoms with Crippen molar-refractivity contribution in [2.24, 2.45) is 17.8 Å². The van der Waals surface area contributed by atoms with Crippen molar-refractivity contribution in [1.29, 1.82) is 0 Å². The Bertz CT molecular complexity index is 707. The number of alkyl carbamates (subject to hydrolysis) is 1. The molecule has 33 heavy (non-hydrogen) atoms. The van der Waals surface area contributed by atoms with Gasteiger partial charge in [-0.1, -0.05) is 71.9 Å². The number of rotatable bonds is 15. The van der Waals surface area contributed by atoms with E-state index in [1.54, 1.807) is 0 Å². The molecule has 0 aliphatic rings. The zero-order valence-corrected chi connectivity index (χ0v) is 21.1. The van der Waals surface area contributed by atoms with Gasteiger partial charge in [-0.25, -0.2) is 4.79 Å². The normalized spacial score (nSPS) is 14.1. The van der Waals surface area contributed by atoms with Crippen LogP contribution < -0.4 is 16.0 Å². The number of carbonyl (C=O) groups is 3. The lowest BCUT2D eigenvalue weighted by Crippen LogP contribution is -2.53. The van der Waals surface area contributed by atoms with Gasteiger partial charge in [0.1, 0.15) is 18.9 Å². The Hall–Kier alpha value is -2.41. The molecular formula is C26H43N3O4. The van der Waals surface area contributed by atoms with E-state index in [2.05, 4.69) is 43.6 Å². The molecule has 3 N–H and O–H groups in total. The summed E-state index contributed by atoms with van der Waals surface area (Å²) < 4.78 is 5.31. The molecule has 1 aromatic rings. The topological polar surface area (TPSA) is 96.5 Å². The van der Waals surface area contributed by atoms with Gasteiger partial charge in [-0.2, -0.15) is 0 Å². The third kappa shape index (κ3) is 13.0. The lowest BCUT2D eigenvalue weighted by Gasteiger charge is -2.27. The molecule has 0 heterocycles. The van der Waals surface area contributed by atoms with Gasteiger partial charge in [0.2, 0.25) is 5.91 Å². The van der Waals surface area contributed by atoms with Gasteiger partial charge in [0.05, 0.1) is 6.04 Å². The second-order valence-corrected chi connectivity index (χ2v) is 10.0. The highest BCUT2D eigenvalue weighted by atomic mass is 16.5. The van der Waals surface area contributed by atoms with Crippen molar-refractivity contribution in [2.75, 3.05) is 6.54 Å². The molecule has 0 aromatic heterocycles. The zero-order chi connectivity index (χ0) is 24.8. The van der Waals surface area contributed by atoms with Crippen LogP contribution in [0.1, 0.15) is 66.4 Å². The number of benzene rings is 1. The van der Waals surface area contributed by atoms with Gasteiger partial charge in [-0.15, -0.1) is 0 Å². The number of aldehydes is 1. The van der Waals surface area contributed by atoms with Gasteiger partial charge < -0.3 is 25.5 Å². The van der Waals surface area contributed by atoms with Crippen molar-refractivity contribution in [3.8, 4) is 0 Å². The Morgan fingerprint density at radius 2 is 1.48 bits per heavy atom. The van der Waals surface area contributed by atoms with Crippen LogP contribution in [0.25, 0.3) is 0 Å². The Morgan fingerprint density at radius 3 is 2.03 bits per heavy atom. The average molecular weight is 462 g/mol. The van der Waals surface area contributed by atoms with E-state index in [0.29, 0.717) is 24.8 Å². The van der Waals surface area contributed by atoms with Gasteiger partial charge in [0, 0.05) is 12.6 Å². The summed E-state index contributed by atoms with van der Waals surface area (Å²) in [6.07, 6.45) is 2.32. The number of ether oxygens (including phenoxy) is 1. The first-order chi connectivity index (χ1) is 15.6. The van der Waals surface area contributed by atoms with E-state index in [0.717, 1.165) is 24.7 Å². The standard InChI is InChI=1S/C26H43N3O4/c1-18(2)12-22(15-27-23(16-30)13-19(3)4)28-25(31)24(14-20(5)6)29-26(32)33-17-21-10-8-7-9-11-21/h7-11,16,18-20,22-24,27H,12-15,17H2,1-6H3,(H,28,31)(H,29,32)/t22-,23-,24-/m0/s1. The summed E-state index contributed by atoms with van der Waals surface area (Å²) in [5.74, 6) is 0.734. The largest absolute Gasteiger partial charge is 0.445 e. The third-order valence-corrected chi connectivity index (χ3v) is 5.15. The quantitative estimate of drug-likeness (QED) is 0.342. The maximum atomic E-state index is 13.1. The molecule has 0 unspecified atom stereocenters. The zero-order valence-electron chi connectivity index (χ0n) is 21.1. The van der Waals surface area contributed by atoms with Gasteiger partial charge in [-0.3, -0.25) is 4.79 Å². The van der Waals surface area contributed by atoms with Crippen molar-refractivity contribution < 1.29 is 19.1 Å². The van der Waals surface area contributed by atoms with Crippen LogP contribution in [-0.2, 0) is 20.9 Å². The molecule has 0 saturated heterocycles. The SMILES string of the molecule is CC(C)C[C@@H](CN[C@H](C=O)CC(C)C)NC(=O)[C@H](CC(C)C)NC(=O)OCc1ccccc1. The first-order valence-electron chi connectivity index (χ1n) is 12.1. The van der Waals surface area contributed by atoms with Gasteiger partial charge in [0.15, 0.2) is 0 Å². The molecule has 186 valence electrons. The Morgan fingerprint density at radius 1 is 0.879 bits per heavy atom. The van der Waals surface area contributed by atoms with E-state index >= 15 is 0 Å². The molecule has 0 aliphatic heterocycles. The summed E-state index contributed by atoms with van der Waals surface area (Å²) in [5, 5.41) is 9.08. The summed E-state index contributed by atoms with van der Waals surface area (Å²) in [4.78, 5) is 36.9. The molecule has 7 nitrogen and oxygen atoms in total. The highest BCUT2D eigenvalue weighted by Crippen LogP contribution is 2.10. The lowest BCUT2D eigenvalue weighted by molar-refractivity contribution is -0.124. The van der Waals surface area contributed by atoms with Gasteiger partial charge in [0.25, 0.3) is 0 Å². The van der Waals surface area contributed by atoms with E-state index in [-0.39, 0.29) is 30.5 Å². The molecule has 0 fully saturated rings. The van der Waals surface area contributed by atoms with Gasteiger partial charge in [-0.05, 0) is 42.6 Å². The van der Waals surface area contributed by atoms with Crippen LogP contribution in [0.15, 0.2) is 30.3 Å². The molecule has 1 aromatic carbocycles. The van der Waals surface area contributed by atoms with Crippen LogP contribution >= 0.6 is 0 Å². The van der Waals surface area contributed by atoms with Crippen LogP contribution in [0.4, 0.5) is 4.79 Å². The van der Waals surface area contributed by atoms with E-state index in [9.17, 15) is 14.4 Å². The van der Waals surface area contributed by atoms with Crippen LogP contribution in [0.5, 0.6) is 0 Å². The monoisotopic (exact) mass is 461 g/mol. The number of nitrogens with one attached hydrogen (secondary N) is 3. The molecule has 0 radical (unpaired) electrons. The maximum Gasteiger partial charge on any atom is 0.408 e. The minimum atomic E-state index is -0.694. The summed E-state index contributed by atoms with van der Waals surface area (Å²) in [5.41, 5.74) is 0.881. The number of hydrogen-bond acceptors (Lipinski definition) is 5. The van der Waals surface area contributed by atoms with E-state index in [1.807, 2.05) is 44.2 Å². The molecule has 7 heteroatoms. The number of amides is 2. The molecule has 0 bridgehead atoms. The molecule has 1 rings (SSSR count). The van der Waals surface area contributed by atoms with Crippen LogP contribution in [0.3, 0.4) is 0 Å². The minimum Gasteiger partial charge on any atom is -0.445 e. The van der Waals surface area contributed by atoms with Crippen LogP contribution in [0.2, 0.25) is 0 Å². The molecule has 0 spiro atoms. The first kappa shape index (κ1) is 28.6. The lowest BCUT2D eigenvalue weighted by atomic mass is 10.00. The van der Waals surface area contributed by atoms with Crippen molar-refractivity contribution in [3.05, 3.63) is 35.9 Å². The second kappa shape index (κ2) is 15.4. The summed E-state index contributed by atoms with van der Waals surface area (Å²) in [6.45, 7) is 13.0. The van der Waals surface area contributed by atoms with E-state index < -0.39 is 12.1 Å². The van der Waals surface area contributed by atoms with E-state index in [1.165, 1.54) is 0 Å². The summed E-state index contributed by atoms with van der Waals surface area (Å²) in [7, 11) is 0. The Balaban J connectivity index is 2.73. The predicted molar refractivity (Wildman–Crippen MR) is 132 cm³/mol. The van der Waals surface area contributed by atoms with Gasteiger partial charge >= 0.3 is 6.09 Å². The number of hydrogen-bond donors (Lipinski definition) is 3. The minimum absolute atomic E-state index is 0.144. The molecule has 0 aliphatic carbocycles. The third-order valence-electron chi connectivity index (χ3n) is 5.15. The fourth-order valence-corrected chi connectivity index (χ4v) is 3.66. The Kier molecular flexibility index (Phi) is 13.4. The fourth-order valence-electron chi connectivity index (χ4n) is 3.66. The molecule has 2 amide bonds. The molecule has 0 saturated carbocycles. The van der Waals surface area contributed by atoms with Crippen molar-refractivity contribution >= 4 is 18.3 Å². The van der Waals surface area contributed by atoms with Crippen molar-refractivity contribution in [3.63, 3.8) is 0 Å². The fraction of sp³-hybridized carbons (Fsp3) is 0.654. The van der Waals surface area contributed by atoms with Crippen molar-refractivity contribution in [1.82, 2.24) is 16.0 Å². The first-order valence-corrected chi connectivity index (χ1v) is 12.1. The summed E-state index contributed by atoms with van der Waals surface area (Å²) >= 11 is 0. The number of carbonyl (C=O) groups excluding carboxylic acids is 3. The highest BCUT2D eigenvalue weighted by Gasteiger charge is 2.25.